The summed E-state index contributed by atoms with van der Waals surface area (Å²) in [4.78, 5) is 10.8. The number of benzene rings is 1. The van der Waals surface area contributed by atoms with Crippen LogP contribution >= 0.6 is 0 Å². The minimum atomic E-state index is -0.929. The van der Waals surface area contributed by atoms with Crippen molar-refractivity contribution in [1.29, 1.82) is 0 Å². The van der Waals surface area contributed by atoms with Crippen LogP contribution in [0.25, 0.3) is 0 Å². The van der Waals surface area contributed by atoms with Crippen LogP contribution in [0.2, 0.25) is 0 Å². The molecule has 4 nitrogen and oxygen atoms in total. The fraction of sp³-hybridized carbons (Fsp3) is 0.222. The molecule has 4 heteroatoms. The van der Waals surface area contributed by atoms with Gasteiger partial charge in [0, 0.05) is 25.5 Å². The number of aromatic carboxylic acids is 1. The highest BCUT2D eigenvalue weighted by Gasteiger charge is 2.08. The van der Waals surface area contributed by atoms with Crippen LogP contribution in [0, 0.1) is 0 Å². The smallest absolute Gasteiger partial charge is 0.337 e. The van der Waals surface area contributed by atoms with Gasteiger partial charge in [-0.05, 0) is 18.2 Å². The fourth-order valence-electron chi connectivity index (χ4n) is 1.09. The molecule has 1 aromatic rings. The Bertz CT molecular complexity index is 323. The van der Waals surface area contributed by atoms with E-state index in [1.54, 1.807) is 26.2 Å². The van der Waals surface area contributed by atoms with E-state index in [-0.39, 0.29) is 5.56 Å². The molecule has 0 fully saturated rings. The summed E-state index contributed by atoms with van der Waals surface area (Å²) in [6, 6.07) is 5.14. The van der Waals surface area contributed by atoms with Gasteiger partial charge in [0.15, 0.2) is 0 Å². The van der Waals surface area contributed by atoms with Gasteiger partial charge < -0.3 is 15.7 Å². The number of nitrogens with one attached hydrogen (secondary N) is 2. The third-order valence-electron chi connectivity index (χ3n) is 1.81. The number of hydrogen-bond acceptors (Lipinski definition) is 3. The van der Waals surface area contributed by atoms with Crippen LogP contribution in [0.15, 0.2) is 18.2 Å². The molecule has 0 aliphatic heterocycles. The minimum absolute atomic E-state index is 0.273. The summed E-state index contributed by atoms with van der Waals surface area (Å²) in [5, 5.41) is 14.6. The number of carbonyl (C=O) groups is 1. The van der Waals surface area contributed by atoms with Gasteiger partial charge in [0.25, 0.3) is 0 Å². The Hall–Kier alpha value is -1.71. The van der Waals surface area contributed by atoms with Crippen LogP contribution in [-0.2, 0) is 0 Å². The highest BCUT2D eigenvalue weighted by atomic mass is 16.4. The van der Waals surface area contributed by atoms with E-state index in [2.05, 4.69) is 10.6 Å². The van der Waals surface area contributed by atoms with Gasteiger partial charge in [-0.2, -0.15) is 0 Å². The Labute approximate surface area is 76.6 Å². The van der Waals surface area contributed by atoms with Gasteiger partial charge in [-0.25, -0.2) is 4.79 Å². The van der Waals surface area contributed by atoms with Crippen molar-refractivity contribution >= 4 is 17.3 Å². The molecule has 3 N–H and O–H groups in total. The zero-order valence-corrected chi connectivity index (χ0v) is 7.59. The highest BCUT2D eigenvalue weighted by Crippen LogP contribution is 2.19. The molecule has 0 saturated carbocycles. The molecular formula is C9H12N2O2. The normalized spacial score (nSPS) is 9.38. The van der Waals surface area contributed by atoms with Crippen molar-refractivity contribution < 1.29 is 9.90 Å². The summed E-state index contributed by atoms with van der Waals surface area (Å²) < 4.78 is 0. The molecule has 0 saturated heterocycles. The van der Waals surface area contributed by atoms with E-state index in [4.69, 9.17) is 5.11 Å². The van der Waals surface area contributed by atoms with Crippen LogP contribution in [0.1, 0.15) is 10.4 Å². The van der Waals surface area contributed by atoms with Crippen molar-refractivity contribution in [3.05, 3.63) is 23.8 Å². The van der Waals surface area contributed by atoms with E-state index in [0.717, 1.165) is 5.69 Å². The highest BCUT2D eigenvalue weighted by molar-refractivity contribution is 5.95. The quantitative estimate of drug-likeness (QED) is 0.659. The number of anilines is 2. The third-order valence-corrected chi connectivity index (χ3v) is 1.81. The molecule has 0 atom stereocenters. The summed E-state index contributed by atoms with van der Waals surface area (Å²) >= 11 is 0. The van der Waals surface area contributed by atoms with Gasteiger partial charge in [0.1, 0.15) is 0 Å². The molecule has 0 aliphatic carbocycles. The van der Waals surface area contributed by atoms with Gasteiger partial charge in [-0.3, -0.25) is 0 Å². The van der Waals surface area contributed by atoms with E-state index in [1.165, 1.54) is 0 Å². The van der Waals surface area contributed by atoms with Crippen molar-refractivity contribution in [2.24, 2.45) is 0 Å². The van der Waals surface area contributed by atoms with Crippen LogP contribution in [0.5, 0.6) is 0 Å². The van der Waals surface area contributed by atoms with E-state index in [0.29, 0.717) is 5.69 Å². The summed E-state index contributed by atoms with van der Waals surface area (Å²) in [5.41, 5.74) is 1.68. The average molecular weight is 180 g/mol. The lowest BCUT2D eigenvalue weighted by Crippen LogP contribution is -2.03. The first kappa shape index (κ1) is 9.38. The monoisotopic (exact) mass is 180 g/mol. The number of hydrogen-bond donors (Lipinski definition) is 3. The average Bonchev–Trinajstić information content (AvgIpc) is 2.16. The van der Waals surface area contributed by atoms with Crippen LogP contribution in [0.4, 0.5) is 11.4 Å². The third kappa shape index (κ3) is 1.90. The Balaban J connectivity index is 3.18. The summed E-state index contributed by atoms with van der Waals surface area (Å²) in [7, 11) is 3.45. The van der Waals surface area contributed by atoms with E-state index < -0.39 is 5.97 Å². The maximum Gasteiger partial charge on any atom is 0.337 e. The first-order chi connectivity index (χ1) is 6.19. The lowest BCUT2D eigenvalue weighted by atomic mass is 10.1. The second-order valence-electron chi connectivity index (χ2n) is 2.57. The van der Waals surface area contributed by atoms with Gasteiger partial charge in [-0.15, -0.1) is 0 Å². The van der Waals surface area contributed by atoms with E-state index in [1.807, 2.05) is 6.07 Å². The molecule has 0 heterocycles. The second-order valence-corrected chi connectivity index (χ2v) is 2.57. The number of carboxylic acids is 1. The molecule has 1 aromatic carbocycles. The molecular weight excluding hydrogens is 168 g/mol. The molecule has 0 aromatic heterocycles. The number of rotatable bonds is 3. The van der Waals surface area contributed by atoms with Gasteiger partial charge >= 0.3 is 5.97 Å². The van der Waals surface area contributed by atoms with E-state index >= 15 is 0 Å². The topological polar surface area (TPSA) is 61.4 Å². The SMILES string of the molecule is CNc1ccc(NC)c(C(=O)O)c1. The van der Waals surface area contributed by atoms with E-state index in [9.17, 15) is 4.79 Å². The Kier molecular flexibility index (Phi) is 2.74. The van der Waals surface area contributed by atoms with Crippen molar-refractivity contribution in [3.8, 4) is 0 Å². The maximum atomic E-state index is 10.8. The predicted molar refractivity (Wildman–Crippen MR) is 52.5 cm³/mol. The summed E-state index contributed by atoms with van der Waals surface area (Å²) in [5.74, 6) is -0.929. The molecule has 1 rings (SSSR count). The van der Waals surface area contributed by atoms with Crippen molar-refractivity contribution in [2.45, 2.75) is 0 Å². The predicted octanol–water partition coefficient (Wildman–Crippen LogP) is 1.47. The second kappa shape index (κ2) is 3.80. The van der Waals surface area contributed by atoms with Gasteiger partial charge in [0.2, 0.25) is 0 Å². The van der Waals surface area contributed by atoms with Crippen LogP contribution < -0.4 is 10.6 Å². The fourth-order valence-corrected chi connectivity index (χ4v) is 1.09. The molecule has 0 unspecified atom stereocenters. The van der Waals surface area contributed by atoms with Crippen LogP contribution in [0.3, 0.4) is 0 Å². The zero-order valence-electron chi connectivity index (χ0n) is 7.59. The van der Waals surface area contributed by atoms with Crippen molar-refractivity contribution in [2.75, 3.05) is 24.7 Å². The van der Waals surface area contributed by atoms with Gasteiger partial charge in [-0.1, -0.05) is 0 Å². The number of carboxylic acid groups (broad SMARTS) is 1. The Morgan fingerprint density at radius 2 is 2.00 bits per heavy atom. The molecule has 70 valence electrons. The maximum absolute atomic E-state index is 10.8. The first-order valence-electron chi connectivity index (χ1n) is 3.92. The molecule has 0 radical (unpaired) electrons. The first-order valence-corrected chi connectivity index (χ1v) is 3.92. The lowest BCUT2D eigenvalue weighted by molar-refractivity contribution is 0.0698. The van der Waals surface area contributed by atoms with Crippen molar-refractivity contribution in [3.63, 3.8) is 0 Å². The molecule has 13 heavy (non-hydrogen) atoms. The molecule has 0 spiro atoms. The molecule has 0 amide bonds. The van der Waals surface area contributed by atoms with Crippen LogP contribution in [-0.4, -0.2) is 25.2 Å². The van der Waals surface area contributed by atoms with Gasteiger partial charge in [0.05, 0.1) is 5.56 Å². The molecule has 0 bridgehead atoms. The zero-order chi connectivity index (χ0) is 9.84. The van der Waals surface area contributed by atoms with Crippen molar-refractivity contribution in [1.82, 2.24) is 0 Å². The minimum Gasteiger partial charge on any atom is -0.478 e. The Morgan fingerprint density at radius 3 is 2.46 bits per heavy atom. The molecule has 0 aliphatic rings. The Morgan fingerprint density at radius 1 is 1.31 bits per heavy atom. The largest absolute Gasteiger partial charge is 0.478 e. The standard InChI is InChI=1S/C9H12N2O2/c1-10-6-3-4-8(11-2)7(5-6)9(12)13/h3-5,10-11H,1-2H3,(H,12,13). The summed E-state index contributed by atoms with van der Waals surface area (Å²) in [6.45, 7) is 0. The lowest BCUT2D eigenvalue weighted by Gasteiger charge is -2.07. The summed E-state index contributed by atoms with van der Waals surface area (Å²) in [6.07, 6.45) is 0.